The first-order chi connectivity index (χ1) is 10.5. The molecule has 2 N–H and O–H groups in total. The molecule has 0 aliphatic rings. The molecule has 23 heavy (non-hydrogen) atoms. The first kappa shape index (κ1) is 20.8. The molecule has 9 heteroatoms. The van der Waals surface area contributed by atoms with Gasteiger partial charge in [0.2, 0.25) is 11.7 Å². The van der Waals surface area contributed by atoms with Gasteiger partial charge in [-0.1, -0.05) is 13.8 Å². The zero-order chi connectivity index (χ0) is 18.2. The van der Waals surface area contributed by atoms with Gasteiger partial charge in [-0.05, 0) is 12.8 Å². The lowest BCUT2D eigenvalue weighted by Crippen LogP contribution is -2.41. The molecule has 0 aromatic rings. The summed E-state index contributed by atoms with van der Waals surface area (Å²) in [6.07, 6.45) is -0.373. The van der Waals surface area contributed by atoms with Gasteiger partial charge in [0.05, 0.1) is 0 Å². The van der Waals surface area contributed by atoms with E-state index in [1.54, 1.807) is 20.9 Å². The maximum absolute atomic E-state index is 12.3. The van der Waals surface area contributed by atoms with Crippen LogP contribution >= 0.6 is 0 Å². The van der Waals surface area contributed by atoms with Crippen molar-refractivity contribution in [1.29, 1.82) is 0 Å². The number of hydrogen-bond donors (Lipinski definition) is 2. The molecule has 0 fully saturated rings. The molecule has 132 valence electrons. The van der Waals surface area contributed by atoms with Gasteiger partial charge in [-0.2, -0.15) is 0 Å². The van der Waals surface area contributed by atoms with E-state index >= 15 is 0 Å². The average Bonchev–Trinajstić information content (AvgIpc) is 2.40. The summed E-state index contributed by atoms with van der Waals surface area (Å²) in [7, 11) is 1.59. The number of nitro groups is 1. The fourth-order valence-electron chi connectivity index (χ4n) is 2.19. The monoisotopic (exact) mass is 331 g/mol. The van der Waals surface area contributed by atoms with Gasteiger partial charge >= 0.3 is 6.09 Å². The fourth-order valence-corrected chi connectivity index (χ4v) is 2.19. The average molecular weight is 331 g/mol. The maximum Gasteiger partial charge on any atom is 0.404 e. The van der Waals surface area contributed by atoms with Crippen LogP contribution in [0.4, 0.5) is 4.79 Å². The predicted molar refractivity (Wildman–Crippen MR) is 82.8 cm³/mol. The number of carbonyl (C=O) groups is 3. The minimum Gasteiger partial charge on any atom is -0.465 e. The highest BCUT2D eigenvalue weighted by atomic mass is 16.6. The smallest absolute Gasteiger partial charge is 0.404 e. The lowest BCUT2D eigenvalue weighted by Gasteiger charge is -2.29. The van der Waals surface area contributed by atoms with E-state index in [-0.39, 0.29) is 18.9 Å². The van der Waals surface area contributed by atoms with Crippen molar-refractivity contribution >= 4 is 17.8 Å². The number of nitrogens with zero attached hydrogens (tertiary/aromatic N) is 2. The summed E-state index contributed by atoms with van der Waals surface area (Å²) < 4.78 is 0. The van der Waals surface area contributed by atoms with E-state index in [0.29, 0.717) is 19.4 Å². The van der Waals surface area contributed by atoms with E-state index in [4.69, 9.17) is 5.11 Å². The number of amides is 2. The van der Waals surface area contributed by atoms with Gasteiger partial charge < -0.3 is 15.3 Å². The number of rotatable bonds is 10. The molecule has 0 aromatic carbocycles. The minimum atomic E-state index is -1.23. The second-order valence-corrected chi connectivity index (χ2v) is 6.15. The summed E-state index contributed by atoms with van der Waals surface area (Å²) >= 11 is 0. The third kappa shape index (κ3) is 7.57. The molecular formula is C14H25N3O6. The van der Waals surface area contributed by atoms with Crippen LogP contribution in [0.5, 0.6) is 0 Å². The third-order valence-electron chi connectivity index (χ3n) is 3.65. The second-order valence-electron chi connectivity index (χ2n) is 6.15. The molecule has 2 amide bonds. The van der Waals surface area contributed by atoms with Crippen molar-refractivity contribution in [2.24, 2.45) is 5.41 Å². The molecule has 0 spiro atoms. The number of nitrogens with one attached hydrogen (secondary N) is 1. The fraction of sp³-hybridized carbons (Fsp3) is 0.786. The van der Waals surface area contributed by atoms with Crippen LogP contribution in [0.2, 0.25) is 0 Å². The predicted octanol–water partition coefficient (Wildman–Crippen LogP) is 1.14. The number of hydrogen-bond acceptors (Lipinski definition) is 5. The van der Waals surface area contributed by atoms with Crippen LogP contribution in [-0.4, -0.2) is 58.9 Å². The molecule has 0 aliphatic heterocycles. The van der Waals surface area contributed by atoms with Gasteiger partial charge in [-0.25, -0.2) is 4.79 Å². The van der Waals surface area contributed by atoms with Crippen LogP contribution in [-0.2, 0) is 9.59 Å². The van der Waals surface area contributed by atoms with Crippen LogP contribution < -0.4 is 5.32 Å². The Hall–Kier alpha value is -2.19. The molecule has 0 aromatic heterocycles. The molecule has 0 bridgehead atoms. The lowest BCUT2D eigenvalue weighted by atomic mass is 9.87. The first-order valence-corrected chi connectivity index (χ1v) is 7.35. The van der Waals surface area contributed by atoms with Crippen LogP contribution in [0.25, 0.3) is 0 Å². The van der Waals surface area contributed by atoms with Crippen molar-refractivity contribution in [2.45, 2.75) is 46.1 Å². The summed E-state index contributed by atoms with van der Waals surface area (Å²) in [6.45, 7) is 5.07. The summed E-state index contributed by atoms with van der Waals surface area (Å²) in [4.78, 5) is 45.5. The Morgan fingerprint density at radius 3 is 2.35 bits per heavy atom. The molecule has 1 atom stereocenters. The van der Waals surface area contributed by atoms with Crippen LogP contribution in [0.3, 0.4) is 0 Å². The van der Waals surface area contributed by atoms with Crippen molar-refractivity contribution in [3.05, 3.63) is 10.1 Å². The van der Waals surface area contributed by atoms with Crippen molar-refractivity contribution in [2.75, 3.05) is 20.1 Å². The third-order valence-corrected chi connectivity index (χ3v) is 3.65. The normalized spacial score (nSPS) is 12.3. The molecule has 1 unspecified atom stereocenters. The quantitative estimate of drug-likeness (QED) is 0.456. The van der Waals surface area contributed by atoms with Gasteiger partial charge in [-0.15, -0.1) is 0 Å². The Balaban J connectivity index is 4.40. The van der Waals surface area contributed by atoms with E-state index in [1.807, 2.05) is 0 Å². The number of carboxylic acid groups (broad SMARTS) is 1. The summed E-state index contributed by atoms with van der Waals surface area (Å²) in [5.41, 5.74) is -0.750. The van der Waals surface area contributed by atoms with Crippen molar-refractivity contribution in [3.63, 3.8) is 0 Å². The highest BCUT2D eigenvalue weighted by Gasteiger charge is 2.31. The highest BCUT2D eigenvalue weighted by Crippen LogP contribution is 2.22. The summed E-state index contributed by atoms with van der Waals surface area (Å²) in [5, 5.41) is 21.5. The van der Waals surface area contributed by atoms with E-state index in [9.17, 15) is 24.5 Å². The Bertz CT molecular complexity index is 449. The van der Waals surface area contributed by atoms with Crippen LogP contribution in [0.15, 0.2) is 0 Å². The molecule has 0 aliphatic carbocycles. The maximum atomic E-state index is 12.3. The standard InChI is InChI=1S/C14H25N3O6/c1-10(18)11(17(22)23)6-5-9-16(4)12(19)14(2,3)7-8-15-13(20)21/h11,15H,5-9H2,1-4H3,(H,20,21). The van der Waals surface area contributed by atoms with Crippen molar-refractivity contribution in [3.8, 4) is 0 Å². The molecule has 0 saturated carbocycles. The SMILES string of the molecule is CC(=O)C(CCCN(C)C(=O)C(C)(C)CCNC(=O)O)[N+](=O)[O-]. The van der Waals surface area contributed by atoms with Gasteiger partial charge in [0.25, 0.3) is 6.04 Å². The summed E-state index contributed by atoms with van der Waals surface area (Å²) in [5.74, 6) is -0.672. The van der Waals surface area contributed by atoms with Gasteiger partial charge in [-0.3, -0.25) is 19.7 Å². The molecular weight excluding hydrogens is 306 g/mol. The minimum absolute atomic E-state index is 0.0843. The Kier molecular flexibility index (Phi) is 8.20. The van der Waals surface area contributed by atoms with Crippen molar-refractivity contribution < 1.29 is 24.4 Å². The van der Waals surface area contributed by atoms with Crippen LogP contribution in [0, 0.1) is 15.5 Å². The molecule has 0 saturated heterocycles. The topological polar surface area (TPSA) is 130 Å². The lowest BCUT2D eigenvalue weighted by molar-refractivity contribution is -0.508. The van der Waals surface area contributed by atoms with Crippen molar-refractivity contribution in [1.82, 2.24) is 10.2 Å². The Labute approximate surface area is 135 Å². The molecule has 0 rings (SSSR count). The van der Waals surface area contributed by atoms with E-state index in [1.165, 1.54) is 11.8 Å². The van der Waals surface area contributed by atoms with Gasteiger partial charge in [0, 0.05) is 43.8 Å². The number of Topliss-reactive ketones (excluding diaryl/α,β-unsaturated/α-hetero) is 1. The summed E-state index contributed by atoms with van der Waals surface area (Å²) in [6, 6.07) is -1.23. The largest absolute Gasteiger partial charge is 0.465 e. The Morgan fingerprint density at radius 1 is 1.35 bits per heavy atom. The molecule has 0 heterocycles. The highest BCUT2D eigenvalue weighted by molar-refractivity contribution is 5.82. The molecule has 9 nitrogen and oxygen atoms in total. The zero-order valence-corrected chi connectivity index (χ0v) is 14.0. The zero-order valence-electron chi connectivity index (χ0n) is 14.0. The molecule has 0 radical (unpaired) electrons. The van der Waals surface area contributed by atoms with Gasteiger partial charge in [0.15, 0.2) is 0 Å². The van der Waals surface area contributed by atoms with Gasteiger partial charge in [0.1, 0.15) is 0 Å². The van der Waals surface area contributed by atoms with E-state index in [0.717, 1.165) is 0 Å². The van der Waals surface area contributed by atoms with E-state index < -0.39 is 28.3 Å². The Morgan fingerprint density at radius 2 is 1.91 bits per heavy atom. The first-order valence-electron chi connectivity index (χ1n) is 7.35. The number of ketones is 1. The van der Waals surface area contributed by atoms with E-state index in [2.05, 4.69) is 5.32 Å². The van der Waals surface area contributed by atoms with Crippen LogP contribution in [0.1, 0.15) is 40.0 Å². The second kappa shape index (κ2) is 9.06. The number of carbonyl (C=O) groups excluding carboxylic acids is 2.